The molecule has 0 radical (unpaired) electrons. The number of rotatable bonds is 5. The van der Waals surface area contributed by atoms with E-state index in [4.69, 9.17) is 0 Å². The average molecular weight is 233 g/mol. The highest BCUT2D eigenvalue weighted by molar-refractivity contribution is 7.99. The van der Waals surface area contributed by atoms with E-state index in [0.717, 1.165) is 18.0 Å². The zero-order valence-corrected chi connectivity index (χ0v) is 10.1. The molecule has 0 aliphatic carbocycles. The summed E-state index contributed by atoms with van der Waals surface area (Å²) >= 11 is 1.85. The molecule has 3 nitrogen and oxygen atoms in total. The largest absolute Gasteiger partial charge is 0.379 e. The van der Waals surface area contributed by atoms with Crippen molar-refractivity contribution < 1.29 is 0 Å². The van der Waals surface area contributed by atoms with Crippen LogP contribution < -0.4 is 5.32 Å². The van der Waals surface area contributed by atoms with Gasteiger partial charge in [-0.2, -0.15) is 5.10 Å². The lowest BCUT2D eigenvalue weighted by Crippen LogP contribution is -2.00. The molecule has 0 unspecified atom stereocenters. The van der Waals surface area contributed by atoms with Crippen LogP contribution in [0.4, 0.5) is 5.69 Å². The summed E-state index contributed by atoms with van der Waals surface area (Å²) in [6, 6.07) is 10.3. The van der Waals surface area contributed by atoms with E-state index in [1.165, 1.54) is 10.6 Å². The molecule has 84 valence electrons. The summed E-state index contributed by atoms with van der Waals surface area (Å²) in [4.78, 5) is 1.30. The van der Waals surface area contributed by atoms with E-state index in [1.807, 2.05) is 17.8 Å². The molecule has 2 N–H and O–H groups in total. The van der Waals surface area contributed by atoms with Crippen molar-refractivity contribution in [2.45, 2.75) is 18.4 Å². The molecular weight excluding hydrogens is 218 g/mol. The molecule has 0 spiro atoms. The first-order valence-corrected chi connectivity index (χ1v) is 6.32. The second-order valence-electron chi connectivity index (χ2n) is 3.36. The van der Waals surface area contributed by atoms with Gasteiger partial charge in [-0.15, -0.1) is 11.8 Å². The van der Waals surface area contributed by atoms with Crippen LogP contribution in [0, 0.1) is 0 Å². The Morgan fingerprint density at radius 1 is 1.31 bits per heavy atom. The molecule has 0 fully saturated rings. The number of nitrogens with one attached hydrogen (secondary N) is 2. The van der Waals surface area contributed by atoms with Gasteiger partial charge >= 0.3 is 0 Å². The molecule has 2 rings (SSSR count). The molecule has 4 heteroatoms. The van der Waals surface area contributed by atoms with Gasteiger partial charge in [0.2, 0.25) is 0 Å². The van der Waals surface area contributed by atoms with E-state index in [-0.39, 0.29) is 0 Å². The maximum atomic E-state index is 3.92. The monoisotopic (exact) mass is 233 g/mol. The van der Waals surface area contributed by atoms with Gasteiger partial charge in [0.05, 0.1) is 12.2 Å². The van der Waals surface area contributed by atoms with Crippen molar-refractivity contribution in [1.29, 1.82) is 0 Å². The van der Waals surface area contributed by atoms with Crippen LogP contribution in [0.1, 0.15) is 12.6 Å². The molecule has 1 aromatic heterocycles. The Balaban J connectivity index is 2.03. The average Bonchev–Trinajstić information content (AvgIpc) is 2.81. The third-order valence-corrected chi connectivity index (χ3v) is 3.17. The van der Waals surface area contributed by atoms with Crippen molar-refractivity contribution in [1.82, 2.24) is 10.2 Å². The van der Waals surface area contributed by atoms with Gasteiger partial charge in [-0.05, 0) is 24.0 Å². The summed E-state index contributed by atoms with van der Waals surface area (Å²) in [6.07, 6.45) is 1.77. The van der Waals surface area contributed by atoms with Crippen LogP contribution in [0.3, 0.4) is 0 Å². The number of anilines is 1. The highest BCUT2D eigenvalue weighted by atomic mass is 32.2. The zero-order valence-electron chi connectivity index (χ0n) is 9.23. The summed E-state index contributed by atoms with van der Waals surface area (Å²) in [7, 11) is 0. The molecule has 0 saturated heterocycles. The fourth-order valence-electron chi connectivity index (χ4n) is 1.47. The first kappa shape index (κ1) is 11.1. The topological polar surface area (TPSA) is 40.7 Å². The summed E-state index contributed by atoms with van der Waals surface area (Å²) in [5.74, 6) is 1.09. The van der Waals surface area contributed by atoms with E-state index in [0.29, 0.717) is 0 Å². The van der Waals surface area contributed by atoms with Gasteiger partial charge in [0.15, 0.2) is 0 Å². The van der Waals surface area contributed by atoms with Crippen LogP contribution in [0.15, 0.2) is 41.4 Å². The van der Waals surface area contributed by atoms with Crippen LogP contribution in [0.2, 0.25) is 0 Å². The second kappa shape index (κ2) is 5.61. The zero-order chi connectivity index (χ0) is 11.2. The minimum absolute atomic E-state index is 0.779. The van der Waals surface area contributed by atoms with Crippen molar-refractivity contribution in [2.75, 3.05) is 11.1 Å². The van der Waals surface area contributed by atoms with Gasteiger partial charge in [-0.3, -0.25) is 5.10 Å². The summed E-state index contributed by atoms with van der Waals surface area (Å²) < 4.78 is 0. The molecule has 0 atom stereocenters. The quantitative estimate of drug-likeness (QED) is 0.779. The molecule has 16 heavy (non-hydrogen) atoms. The van der Waals surface area contributed by atoms with E-state index >= 15 is 0 Å². The number of nitrogens with zero attached hydrogens (tertiary/aromatic N) is 1. The number of para-hydroxylation sites is 1. The van der Waals surface area contributed by atoms with Gasteiger partial charge in [-0.25, -0.2) is 0 Å². The van der Waals surface area contributed by atoms with Crippen LogP contribution in [0.25, 0.3) is 0 Å². The number of hydrogen-bond donors (Lipinski definition) is 2. The number of aromatic nitrogens is 2. The Hall–Kier alpha value is -1.42. The highest BCUT2D eigenvalue weighted by Crippen LogP contribution is 2.26. The Bertz CT molecular complexity index is 426. The number of hydrogen-bond acceptors (Lipinski definition) is 3. The third kappa shape index (κ3) is 2.79. The van der Waals surface area contributed by atoms with Crippen LogP contribution in [-0.2, 0) is 6.54 Å². The van der Waals surface area contributed by atoms with Gasteiger partial charge in [0.25, 0.3) is 0 Å². The molecule has 1 aromatic carbocycles. The normalized spacial score (nSPS) is 10.3. The third-order valence-electron chi connectivity index (χ3n) is 2.21. The van der Waals surface area contributed by atoms with E-state index in [2.05, 4.69) is 46.7 Å². The predicted octanol–water partition coefficient (Wildman–Crippen LogP) is 3.13. The SMILES string of the molecule is CCSc1ccccc1NCc1ccn[nH]1. The number of aromatic amines is 1. The Labute approximate surface area is 99.7 Å². The standard InChI is InChI=1S/C12H15N3S/c1-2-16-12-6-4-3-5-11(12)13-9-10-7-8-14-15-10/h3-8,13H,2,9H2,1H3,(H,14,15). The molecule has 2 aromatic rings. The first-order valence-electron chi connectivity index (χ1n) is 5.34. The molecule has 0 bridgehead atoms. The van der Waals surface area contributed by atoms with Crippen LogP contribution in [0.5, 0.6) is 0 Å². The van der Waals surface area contributed by atoms with Gasteiger partial charge in [-0.1, -0.05) is 19.1 Å². The van der Waals surface area contributed by atoms with Gasteiger partial charge in [0.1, 0.15) is 0 Å². The van der Waals surface area contributed by atoms with Crippen molar-refractivity contribution in [3.05, 3.63) is 42.2 Å². The number of thioether (sulfide) groups is 1. The smallest absolute Gasteiger partial charge is 0.0568 e. The maximum absolute atomic E-state index is 3.92. The van der Waals surface area contributed by atoms with E-state index in [1.54, 1.807) is 6.20 Å². The molecule has 0 aliphatic heterocycles. The first-order chi connectivity index (χ1) is 7.90. The van der Waals surface area contributed by atoms with Crippen LogP contribution >= 0.6 is 11.8 Å². The van der Waals surface area contributed by atoms with Crippen molar-refractivity contribution in [3.63, 3.8) is 0 Å². The number of H-pyrrole nitrogens is 1. The van der Waals surface area contributed by atoms with Crippen molar-refractivity contribution >= 4 is 17.4 Å². The minimum Gasteiger partial charge on any atom is -0.379 e. The maximum Gasteiger partial charge on any atom is 0.0568 e. The fourth-order valence-corrected chi connectivity index (χ4v) is 2.25. The highest BCUT2D eigenvalue weighted by Gasteiger charge is 2.01. The van der Waals surface area contributed by atoms with Gasteiger partial charge in [0, 0.05) is 16.8 Å². The van der Waals surface area contributed by atoms with Gasteiger partial charge < -0.3 is 5.32 Å². The fraction of sp³-hybridized carbons (Fsp3) is 0.250. The predicted molar refractivity (Wildman–Crippen MR) is 68.8 cm³/mol. The molecule has 1 heterocycles. The van der Waals surface area contributed by atoms with Crippen molar-refractivity contribution in [3.8, 4) is 0 Å². The molecule has 0 amide bonds. The minimum atomic E-state index is 0.779. The number of benzene rings is 1. The summed E-state index contributed by atoms with van der Waals surface area (Å²) in [5.41, 5.74) is 2.28. The lowest BCUT2D eigenvalue weighted by atomic mass is 10.3. The van der Waals surface area contributed by atoms with Crippen molar-refractivity contribution in [2.24, 2.45) is 0 Å². The lowest BCUT2D eigenvalue weighted by Gasteiger charge is -2.09. The Morgan fingerprint density at radius 2 is 2.19 bits per heavy atom. The summed E-state index contributed by atoms with van der Waals surface area (Å²) in [6.45, 7) is 2.94. The van der Waals surface area contributed by atoms with E-state index in [9.17, 15) is 0 Å². The Kier molecular flexibility index (Phi) is 3.88. The lowest BCUT2D eigenvalue weighted by molar-refractivity contribution is 0.978. The summed E-state index contributed by atoms with van der Waals surface area (Å²) in [5, 5.41) is 10.3. The molecule has 0 aliphatic rings. The molecular formula is C12H15N3S. The molecule has 0 saturated carbocycles. The van der Waals surface area contributed by atoms with E-state index < -0.39 is 0 Å². The van der Waals surface area contributed by atoms with Crippen LogP contribution in [-0.4, -0.2) is 16.0 Å². The second-order valence-corrected chi connectivity index (χ2v) is 4.67. The Morgan fingerprint density at radius 3 is 2.94 bits per heavy atom.